The van der Waals surface area contributed by atoms with Crippen LogP contribution < -0.4 is 0 Å². The van der Waals surface area contributed by atoms with Gasteiger partial charge in [0.25, 0.3) is 0 Å². The number of carbonyl (C=O) groups is 2. The smallest absolute Gasteiger partial charge is 0.306 e. The van der Waals surface area contributed by atoms with Crippen LogP contribution in [0.2, 0.25) is 0 Å². The second-order valence-corrected chi connectivity index (χ2v) is 15.9. The van der Waals surface area contributed by atoms with Crippen molar-refractivity contribution in [3.8, 4) is 0 Å². The molecule has 2 aliphatic heterocycles. The lowest BCUT2D eigenvalue weighted by atomic mass is 10.0. The molecule has 0 saturated carbocycles. The molecule has 0 radical (unpaired) electrons. The van der Waals surface area contributed by atoms with E-state index in [2.05, 4.69) is 27.7 Å². The van der Waals surface area contributed by atoms with Crippen LogP contribution >= 0.6 is 0 Å². The highest BCUT2D eigenvalue weighted by molar-refractivity contribution is 5.69. The van der Waals surface area contributed by atoms with Gasteiger partial charge in [0.05, 0.1) is 31.0 Å². The van der Waals surface area contributed by atoms with Crippen molar-refractivity contribution in [2.45, 2.75) is 257 Å². The van der Waals surface area contributed by atoms with Crippen LogP contribution in [0.5, 0.6) is 0 Å². The van der Waals surface area contributed by atoms with E-state index in [0.29, 0.717) is 43.7 Å². The lowest BCUT2D eigenvalue weighted by molar-refractivity contribution is -0.150. The largest absolute Gasteiger partial charge is 0.465 e. The molecule has 0 aromatic rings. The van der Waals surface area contributed by atoms with Crippen molar-refractivity contribution in [3.63, 3.8) is 0 Å². The van der Waals surface area contributed by atoms with Gasteiger partial charge >= 0.3 is 11.9 Å². The second-order valence-electron chi connectivity index (χ2n) is 15.9. The molecule has 2 aliphatic rings. The molecule has 50 heavy (non-hydrogen) atoms. The number of rotatable bonds is 37. The molecular formula is C44H82O6. The van der Waals surface area contributed by atoms with Gasteiger partial charge in [-0.2, -0.15) is 0 Å². The van der Waals surface area contributed by atoms with Gasteiger partial charge in [-0.05, 0) is 57.3 Å². The van der Waals surface area contributed by atoms with E-state index >= 15 is 0 Å². The molecule has 0 spiro atoms. The summed E-state index contributed by atoms with van der Waals surface area (Å²) in [7, 11) is 0. The maximum Gasteiger partial charge on any atom is 0.306 e. The summed E-state index contributed by atoms with van der Waals surface area (Å²) in [6, 6.07) is 0. The van der Waals surface area contributed by atoms with Crippen molar-refractivity contribution in [2.24, 2.45) is 5.92 Å². The van der Waals surface area contributed by atoms with Gasteiger partial charge in [-0.15, -0.1) is 0 Å². The number of ether oxygens (including phenoxy) is 4. The molecule has 0 aromatic carbocycles. The van der Waals surface area contributed by atoms with Gasteiger partial charge in [-0.3, -0.25) is 9.59 Å². The summed E-state index contributed by atoms with van der Waals surface area (Å²) < 4.78 is 23.5. The van der Waals surface area contributed by atoms with Gasteiger partial charge in [0.15, 0.2) is 0 Å². The van der Waals surface area contributed by atoms with Crippen molar-refractivity contribution >= 4 is 11.9 Å². The summed E-state index contributed by atoms with van der Waals surface area (Å²) in [6.07, 6.45) is 37.0. The predicted octanol–water partition coefficient (Wildman–Crippen LogP) is 12.8. The molecule has 0 amide bonds. The van der Waals surface area contributed by atoms with E-state index < -0.39 is 0 Å². The predicted molar refractivity (Wildman–Crippen MR) is 207 cm³/mol. The Labute approximate surface area is 309 Å². The molecule has 0 N–H and O–H groups in total. The minimum absolute atomic E-state index is 0.00353. The summed E-state index contributed by atoms with van der Waals surface area (Å²) >= 11 is 0. The lowest BCUT2D eigenvalue weighted by Crippen LogP contribution is -2.21. The molecule has 2 rings (SSSR count). The maximum atomic E-state index is 12.8. The number of hydrogen-bond donors (Lipinski definition) is 0. The van der Waals surface area contributed by atoms with E-state index in [0.717, 1.165) is 77.0 Å². The second kappa shape index (κ2) is 30.3. The number of hydrogen-bond acceptors (Lipinski definition) is 6. The highest BCUT2D eigenvalue weighted by atomic mass is 16.6. The van der Waals surface area contributed by atoms with Gasteiger partial charge in [-0.25, -0.2) is 0 Å². The van der Waals surface area contributed by atoms with Crippen molar-refractivity contribution < 1.29 is 28.5 Å². The molecule has 2 saturated heterocycles. The van der Waals surface area contributed by atoms with Crippen molar-refractivity contribution in [2.75, 3.05) is 6.61 Å². The van der Waals surface area contributed by atoms with Gasteiger partial charge in [0.2, 0.25) is 0 Å². The monoisotopic (exact) mass is 707 g/mol. The van der Waals surface area contributed by atoms with Crippen LogP contribution in [-0.4, -0.2) is 49.1 Å². The highest BCUT2D eigenvalue weighted by Crippen LogP contribution is 2.34. The Hall–Kier alpha value is -1.14. The zero-order chi connectivity index (χ0) is 36.1. The van der Waals surface area contributed by atoms with E-state index in [9.17, 15) is 9.59 Å². The first-order valence-corrected chi connectivity index (χ1v) is 22.2. The first kappa shape index (κ1) is 45.0. The van der Waals surface area contributed by atoms with E-state index in [1.807, 2.05) is 0 Å². The Morgan fingerprint density at radius 3 is 1.52 bits per heavy atom. The zero-order valence-electron chi connectivity index (χ0n) is 33.5. The van der Waals surface area contributed by atoms with Gasteiger partial charge in [0.1, 0.15) is 6.10 Å². The Morgan fingerprint density at radius 2 is 0.960 bits per heavy atom. The Bertz CT molecular complexity index is 816. The Kier molecular flexibility index (Phi) is 27.3. The zero-order valence-corrected chi connectivity index (χ0v) is 33.5. The van der Waals surface area contributed by atoms with Crippen molar-refractivity contribution in [1.82, 2.24) is 0 Å². The number of carbonyl (C=O) groups excluding carboxylic acids is 2. The van der Waals surface area contributed by atoms with Crippen LogP contribution in [0.3, 0.4) is 0 Å². The third kappa shape index (κ3) is 24.2. The van der Waals surface area contributed by atoms with Crippen LogP contribution in [0.25, 0.3) is 0 Å². The minimum Gasteiger partial charge on any atom is -0.465 e. The molecule has 0 aromatic heterocycles. The molecule has 2 heterocycles. The molecule has 0 aliphatic carbocycles. The number of unbranched alkanes of at least 4 members (excludes halogenated alkanes) is 17. The molecule has 294 valence electrons. The fourth-order valence-electron chi connectivity index (χ4n) is 7.45. The fourth-order valence-corrected chi connectivity index (χ4v) is 7.45. The molecule has 0 bridgehead atoms. The highest BCUT2D eigenvalue weighted by Gasteiger charge is 2.40. The third-order valence-corrected chi connectivity index (χ3v) is 11.2. The SMILES string of the molecule is CCCCCCCCC1OC1CCCCCCCC(=O)OC(CCCCCC)CC1OC1CCCCCCCC(=O)OCC(CC)CCCC. The third-order valence-electron chi connectivity index (χ3n) is 11.2. The molecular weight excluding hydrogens is 624 g/mol. The fraction of sp³-hybridized carbons (Fsp3) is 0.955. The summed E-state index contributed by atoms with van der Waals surface area (Å²) in [5.74, 6) is 0.472. The minimum atomic E-state index is -0.0269. The summed E-state index contributed by atoms with van der Waals surface area (Å²) in [4.78, 5) is 24.9. The van der Waals surface area contributed by atoms with E-state index in [1.165, 1.54) is 109 Å². The van der Waals surface area contributed by atoms with Crippen molar-refractivity contribution in [1.29, 1.82) is 0 Å². The molecule has 6 atom stereocenters. The Balaban J connectivity index is 1.47. The number of epoxide rings is 2. The van der Waals surface area contributed by atoms with E-state index in [1.54, 1.807) is 0 Å². The van der Waals surface area contributed by atoms with Gasteiger partial charge in [-0.1, -0.05) is 156 Å². The molecule has 6 unspecified atom stereocenters. The number of esters is 2. The van der Waals surface area contributed by atoms with Gasteiger partial charge < -0.3 is 18.9 Å². The topological polar surface area (TPSA) is 77.7 Å². The summed E-state index contributed by atoms with van der Waals surface area (Å²) in [5.41, 5.74) is 0. The quantitative estimate of drug-likeness (QED) is 0.0363. The normalized spacial score (nSPS) is 20.8. The van der Waals surface area contributed by atoms with Crippen LogP contribution in [0.4, 0.5) is 0 Å². The summed E-state index contributed by atoms with van der Waals surface area (Å²) in [5, 5.41) is 0. The molecule has 6 nitrogen and oxygen atoms in total. The average Bonchev–Trinajstić information content (AvgIpc) is 4.04. The summed E-state index contributed by atoms with van der Waals surface area (Å²) in [6.45, 7) is 9.50. The van der Waals surface area contributed by atoms with Crippen LogP contribution in [-0.2, 0) is 28.5 Å². The first-order valence-electron chi connectivity index (χ1n) is 22.2. The average molecular weight is 707 g/mol. The standard InChI is InChI=1S/C44H82O6/c1-5-9-12-14-17-23-30-39-40(49-39)31-24-18-16-21-27-34-44(46)48-38(29-22-13-10-6-2)35-42-41(50-42)32-25-19-15-20-26-33-43(45)47-36-37(8-4)28-11-7-3/h37-42H,5-36H2,1-4H3. The first-order chi connectivity index (χ1) is 24.5. The van der Waals surface area contributed by atoms with Crippen LogP contribution in [0.1, 0.15) is 227 Å². The van der Waals surface area contributed by atoms with Gasteiger partial charge in [0, 0.05) is 19.3 Å². The lowest BCUT2D eigenvalue weighted by Gasteiger charge is -2.17. The van der Waals surface area contributed by atoms with Crippen LogP contribution in [0, 0.1) is 5.92 Å². The molecule has 6 heteroatoms. The van der Waals surface area contributed by atoms with E-state index in [-0.39, 0.29) is 24.1 Å². The Morgan fingerprint density at radius 1 is 0.500 bits per heavy atom. The van der Waals surface area contributed by atoms with E-state index in [4.69, 9.17) is 18.9 Å². The van der Waals surface area contributed by atoms with Crippen molar-refractivity contribution in [3.05, 3.63) is 0 Å². The maximum absolute atomic E-state index is 12.8. The molecule has 2 fully saturated rings. The van der Waals surface area contributed by atoms with Crippen LogP contribution in [0.15, 0.2) is 0 Å².